The molecule has 2 aromatic carbocycles. The van der Waals surface area contributed by atoms with Gasteiger partial charge in [-0.2, -0.15) is 0 Å². The summed E-state index contributed by atoms with van der Waals surface area (Å²) in [6, 6.07) is 10.2. The molecule has 0 aromatic heterocycles. The highest BCUT2D eigenvalue weighted by atomic mass is 35.5. The smallest absolute Gasteiger partial charge is 0.294 e. The number of ketones is 1. The highest BCUT2D eigenvalue weighted by Crippen LogP contribution is 2.32. The van der Waals surface area contributed by atoms with Gasteiger partial charge in [0.1, 0.15) is 0 Å². The molecule has 0 heterocycles. The summed E-state index contributed by atoms with van der Waals surface area (Å²) in [5.74, 6) is -0.316. The number of benzene rings is 2. The molecule has 1 atom stereocenters. The van der Waals surface area contributed by atoms with Gasteiger partial charge in [0.2, 0.25) is 0 Å². The summed E-state index contributed by atoms with van der Waals surface area (Å²) in [5, 5.41) is 0.507. The maximum Gasteiger partial charge on any atom is 0.420 e. The molecule has 0 N–H and O–H groups in total. The van der Waals surface area contributed by atoms with Gasteiger partial charge in [-0.1, -0.05) is 52.0 Å². The lowest BCUT2D eigenvalue weighted by Gasteiger charge is -2.04. The summed E-state index contributed by atoms with van der Waals surface area (Å²) in [4.78, 5) is 24.7. The molecule has 0 saturated carbocycles. The number of rotatable bonds is 6. The van der Waals surface area contributed by atoms with Crippen molar-refractivity contribution in [2.45, 2.75) is 20.3 Å². The Hall–Kier alpha value is -1.54. The Labute approximate surface area is 151 Å². The van der Waals surface area contributed by atoms with Crippen LogP contribution in [0, 0.1) is 13.8 Å². The van der Waals surface area contributed by atoms with Crippen LogP contribution in [0.2, 0.25) is 10.0 Å². The minimum Gasteiger partial charge on any atom is -0.294 e. The monoisotopic (exact) mass is 381 g/mol. The van der Waals surface area contributed by atoms with Crippen LogP contribution in [0.4, 0.5) is 0 Å². The van der Waals surface area contributed by atoms with Gasteiger partial charge in [-0.3, -0.25) is 4.79 Å². The fraction of sp³-hybridized carbons (Fsp3) is 0.222. The van der Waals surface area contributed by atoms with E-state index in [4.69, 9.17) is 23.2 Å². The van der Waals surface area contributed by atoms with Crippen LogP contribution in [0.3, 0.4) is 0 Å². The Bertz CT molecular complexity index is 791. The van der Waals surface area contributed by atoms with E-state index in [-0.39, 0.29) is 34.0 Å². The maximum atomic E-state index is 12.4. The molecule has 2 rings (SSSR count). The lowest BCUT2D eigenvalue weighted by atomic mass is 10.0. The predicted octanol–water partition coefficient (Wildman–Crippen LogP) is 5.85. The molecular formula is C18H16Cl2O3P+. The highest BCUT2D eigenvalue weighted by molar-refractivity contribution is 7.64. The third kappa shape index (κ3) is 4.10. The maximum absolute atomic E-state index is 12.4. The molecule has 2 aromatic rings. The van der Waals surface area contributed by atoms with Gasteiger partial charge in [0.15, 0.2) is 11.9 Å². The van der Waals surface area contributed by atoms with Crippen molar-refractivity contribution >= 4 is 42.3 Å². The van der Waals surface area contributed by atoms with Crippen LogP contribution in [0.1, 0.15) is 38.3 Å². The van der Waals surface area contributed by atoms with E-state index in [1.807, 2.05) is 6.07 Å². The van der Waals surface area contributed by atoms with Crippen LogP contribution in [0.5, 0.6) is 0 Å². The van der Waals surface area contributed by atoms with Gasteiger partial charge in [0, 0.05) is 0 Å². The third-order valence-corrected chi connectivity index (χ3v) is 5.64. The summed E-state index contributed by atoms with van der Waals surface area (Å²) in [5.41, 5.74) is 1.83. The van der Waals surface area contributed by atoms with Gasteiger partial charge in [0.05, 0.1) is 27.6 Å². The first-order valence-electron chi connectivity index (χ1n) is 7.35. The number of carbonyl (C=O) groups excluding carboxylic acids is 2. The third-order valence-electron chi connectivity index (χ3n) is 3.71. The number of hydrogen-bond acceptors (Lipinski definition) is 3. The van der Waals surface area contributed by atoms with Crippen LogP contribution >= 0.6 is 31.0 Å². The largest absolute Gasteiger partial charge is 0.420 e. The van der Waals surface area contributed by atoms with Crippen LogP contribution in [0.15, 0.2) is 36.4 Å². The molecule has 0 saturated heterocycles. The van der Waals surface area contributed by atoms with Crippen molar-refractivity contribution < 1.29 is 14.2 Å². The van der Waals surface area contributed by atoms with E-state index in [9.17, 15) is 14.2 Å². The van der Waals surface area contributed by atoms with Crippen LogP contribution in [0.25, 0.3) is 0 Å². The Morgan fingerprint density at radius 3 is 1.96 bits per heavy atom. The van der Waals surface area contributed by atoms with Gasteiger partial charge >= 0.3 is 13.3 Å². The number of halogens is 2. The average Bonchev–Trinajstić information content (AvgIpc) is 2.52. The number of carbonyl (C=O) groups is 2. The van der Waals surface area contributed by atoms with Crippen molar-refractivity contribution in [2.24, 2.45) is 0 Å². The fourth-order valence-electron chi connectivity index (χ4n) is 2.47. The summed E-state index contributed by atoms with van der Waals surface area (Å²) in [7, 11) is -2.19. The molecule has 0 aliphatic carbocycles. The molecule has 0 spiro atoms. The molecule has 0 bridgehead atoms. The molecule has 0 amide bonds. The van der Waals surface area contributed by atoms with E-state index >= 15 is 0 Å². The molecule has 24 heavy (non-hydrogen) atoms. The van der Waals surface area contributed by atoms with E-state index in [1.165, 1.54) is 0 Å². The van der Waals surface area contributed by atoms with E-state index < -0.39 is 13.3 Å². The molecule has 3 nitrogen and oxygen atoms in total. The first-order valence-corrected chi connectivity index (χ1v) is 9.55. The zero-order chi connectivity index (χ0) is 17.9. The summed E-state index contributed by atoms with van der Waals surface area (Å²) in [6.45, 7) is 3.61. The van der Waals surface area contributed by atoms with Gasteiger partial charge in [0.25, 0.3) is 0 Å². The zero-order valence-corrected chi connectivity index (χ0v) is 15.7. The average molecular weight is 382 g/mol. The second kappa shape index (κ2) is 8.02. The van der Waals surface area contributed by atoms with Crippen LogP contribution in [-0.2, 0) is 4.57 Å². The Balaban J connectivity index is 2.11. The van der Waals surface area contributed by atoms with E-state index in [2.05, 4.69) is 0 Å². The lowest BCUT2D eigenvalue weighted by molar-refractivity contribution is 0.0989. The second-order valence-electron chi connectivity index (χ2n) is 5.44. The first kappa shape index (κ1) is 18.8. The van der Waals surface area contributed by atoms with Crippen molar-refractivity contribution in [3.05, 3.63) is 68.7 Å². The summed E-state index contributed by atoms with van der Waals surface area (Å²) < 4.78 is 12.3. The number of aryl methyl sites for hydroxylation is 2. The van der Waals surface area contributed by atoms with Crippen molar-refractivity contribution in [1.82, 2.24) is 0 Å². The molecule has 1 unspecified atom stereocenters. The van der Waals surface area contributed by atoms with Crippen molar-refractivity contribution in [1.29, 1.82) is 0 Å². The standard InChI is InChI=1S/C18H16Cl2O3P/c1-11-5-3-6-12(2)16(11)18(22)24(23)10-9-15(21)17-13(19)7-4-8-14(17)20/h3-8H,9-10H2,1-2H3/q+1. The number of Topliss-reactive ketones (excluding diaryl/α,β-unsaturated/α-hetero) is 1. The molecule has 124 valence electrons. The van der Waals surface area contributed by atoms with Crippen molar-refractivity contribution in [3.8, 4) is 0 Å². The minimum atomic E-state index is -2.19. The Morgan fingerprint density at radius 1 is 0.917 bits per heavy atom. The molecule has 0 aliphatic heterocycles. The fourth-order valence-corrected chi connectivity index (χ4v) is 4.29. The van der Waals surface area contributed by atoms with Crippen molar-refractivity contribution in [2.75, 3.05) is 6.16 Å². The SMILES string of the molecule is Cc1cccc(C)c1C(=O)[P+](=O)CCC(=O)c1c(Cl)cccc1Cl. The molecule has 0 radical (unpaired) electrons. The van der Waals surface area contributed by atoms with Crippen molar-refractivity contribution in [3.63, 3.8) is 0 Å². The number of hydrogen-bond donors (Lipinski definition) is 0. The predicted molar refractivity (Wildman–Crippen MR) is 98.1 cm³/mol. The molecular weight excluding hydrogens is 366 g/mol. The van der Waals surface area contributed by atoms with E-state index in [1.54, 1.807) is 44.2 Å². The highest BCUT2D eigenvalue weighted by Gasteiger charge is 2.33. The quantitative estimate of drug-likeness (QED) is 0.465. The zero-order valence-electron chi connectivity index (χ0n) is 13.3. The van der Waals surface area contributed by atoms with E-state index in [0.717, 1.165) is 11.1 Å². The summed E-state index contributed by atoms with van der Waals surface area (Å²) in [6.07, 6.45) is -0.0718. The molecule has 0 aliphatic rings. The molecule has 0 fully saturated rings. The summed E-state index contributed by atoms with van der Waals surface area (Å²) >= 11 is 12.0. The van der Waals surface area contributed by atoms with Crippen LogP contribution in [-0.4, -0.2) is 17.5 Å². The normalized spacial score (nSPS) is 11.2. The van der Waals surface area contributed by atoms with Crippen LogP contribution < -0.4 is 0 Å². The minimum absolute atomic E-state index is 0.0255. The topological polar surface area (TPSA) is 51.2 Å². The first-order chi connectivity index (χ1) is 11.3. The van der Waals surface area contributed by atoms with Gasteiger partial charge in [-0.25, -0.2) is 4.79 Å². The molecule has 6 heteroatoms. The van der Waals surface area contributed by atoms with Gasteiger partial charge in [-0.15, -0.1) is 0 Å². The van der Waals surface area contributed by atoms with E-state index in [0.29, 0.717) is 5.56 Å². The Morgan fingerprint density at radius 2 is 1.42 bits per heavy atom. The van der Waals surface area contributed by atoms with Gasteiger partial charge < -0.3 is 0 Å². The second-order valence-corrected chi connectivity index (χ2v) is 7.87. The van der Waals surface area contributed by atoms with Gasteiger partial charge in [-0.05, 0) is 37.1 Å². The Kier molecular flexibility index (Phi) is 6.28. The lowest BCUT2D eigenvalue weighted by Crippen LogP contribution is -2.06.